The minimum absolute atomic E-state index is 0. The number of fused-ring (bicyclic) bond motifs is 2. The predicted octanol–water partition coefficient (Wildman–Crippen LogP) is -1.52. The molecule has 0 aromatic heterocycles. The number of methoxy groups -OCH3 is 2. The van der Waals surface area contributed by atoms with Crippen LogP contribution in [0, 0.1) is 0 Å². The van der Waals surface area contributed by atoms with E-state index >= 15 is 0 Å². The zero-order valence-electron chi connectivity index (χ0n) is 28.0. The van der Waals surface area contributed by atoms with Gasteiger partial charge in [-0.2, -0.15) is 10.2 Å². The Kier molecular flexibility index (Phi) is 12.5. The molecule has 0 unspecified atom stereocenters. The van der Waals surface area contributed by atoms with Gasteiger partial charge in [-0.1, -0.05) is 60.7 Å². The van der Waals surface area contributed by atoms with E-state index in [4.69, 9.17) is 9.47 Å². The molecule has 4 aromatic carbocycles. The Labute approximate surface area is 332 Å². The minimum Gasteiger partial charge on any atom is -0.744 e. The molecule has 2 aliphatic rings. The Balaban J connectivity index is 0.00000302. The van der Waals surface area contributed by atoms with Crippen molar-refractivity contribution in [3.63, 3.8) is 0 Å². The normalized spacial score (nSPS) is 15.3. The Morgan fingerprint density at radius 3 is 1.25 bits per heavy atom. The van der Waals surface area contributed by atoms with Gasteiger partial charge in [-0.15, -0.1) is 0 Å². The van der Waals surface area contributed by atoms with E-state index in [1.165, 1.54) is 50.6 Å². The van der Waals surface area contributed by atoms with Gasteiger partial charge in [0.1, 0.15) is 43.2 Å². The molecular formula is C34H24LiN4NaO10S2. The first kappa shape index (κ1) is 40.4. The fourth-order valence-electron chi connectivity index (χ4n) is 5.35. The number of allylic oxidation sites excluding steroid dienone is 2. The van der Waals surface area contributed by atoms with Gasteiger partial charge in [0.05, 0.1) is 35.4 Å². The summed E-state index contributed by atoms with van der Waals surface area (Å²) in [5.74, 6) is -0.551. The molecule has 0 saturated heterocycles. The van der Waals surface area contributed by atoms with Gasteiger partial charge in [0, 0.05) is 22.3 Å². The Morgan fingerprint density at radius 2 is 0.923 bits per heavy atom. The molecule has 0 bridgehead atoms. The third-order valence-electron chi connectivity index (χ3n) is 7.74. The maximum Gasteiger partial charge on any atom is 1.00 e. The van der Waals surface area contributed by atoms with Crippen LogP contribution in [0.3, 0.4) is 0 Å². The number of benzene rings is 4. The average molecular weight is 743 g/mol. The summed E-state index contributed by atoms with van der Waals surface area (Å²) >= 11 is 0. The van der Waals surface area contributed by atoms with E-state index in [1.54, 1.807) is 48.5 Å². The van der Waals surface area contributed by atoms with Crippen LogP contribution in [0.4, 0.5) is 11.4 Å². The first-order valence-corrected chi connectivity index (χ1v) is 17.3. The Bertz CT molecular complexity index is 2290. The van der Waals surface area contributed by atoms with E-state index < -0.39 is 41.6 Å². The smallest absolute Gasteiger partial charge is 0.744 e. The second-order valence-corrected chi connectivity index (χ2v) is 13.4. The van der Waals surface area contributed by atoms with Crippen LogP contribution in [0.25, 0.3) is 20.9 Å². The molecule has 14 nitrogen and oxygen atoms in total. The fraction of sp³-hybridized carbons (Fsp3) is 0.0588. The number of hydrogen-bond acceptors (Lipinski definition) is 14. The molecular weight excluding hydrogens is 718 g/mol. The molecule has 254 valence electrons. The molecule has 52 heavy (non-hydrogen) atoms. The van der Waals surface area contributed by atoms with Crippen molar-refractivity contribution in [1.29, 1.82) is 0 Å². The molecule has 0 fully saturated rings. The molecule has 0 spiro atoms. The number of nitrogens with one attached hydrogen (secondary N) is 2. The monoisotopic (exact) mass is 742 g/mol. The van der Waals surface area contributed by atoms with Gasteiger partial charge < -0.3 is 18.6 Å². The first-order chi connectivity index (χ1) is 23.8. The summed E-state index contributed by atoms with van der Waals surface area (Å²) in [5, 5.41) is 8.16. The van der Waals surface area contributed by atoms with Gasteiger partial charge in [0.2, 0.25) is 11.6 Å². The van der Waals surface area contributed by atoms with Crippen molar-refractivity contribution in [3.8, 4) is 22.6 Å². The van der Waals surface area contributed by atoms with E-state index in [-0.39, 0.29) is 82.1 Å². The SMILES string of the molecule is COc1cc(-c2ccc(N/N=C3/C=C(S(=O)(=O)[O-])c4ccccc4C3=O)c(OC)c2)ccc1N/N=C1/C=C(S(=O)(=O)[O-])c2ccccc2C1=O.[Li+].[Na+]. The fourth-order valence-corrected chi connectivity index (χ4v) is 6.76. The zero-order valence-corrected chi connectivity index (χ0v) is 31.7. The number of ether oxygens (including phenoxy) is 2. The number of carbonyl (C=O) groups is 2. The van der Waals surface area contributed by atoms with Gasteiger partial charge in [-0.25, -0.2) is 16.8 Å². The summed E-state index contributed by atoms with van der Waals surface area (Å²) in [6, 6.07) is 21.7. The average Bonchev–Trinajstić information content (AvgIpc) is 3.10. The van der Waals surface area contributed by atoms with Crippen molar-refractivity contribution in [2.75, 3.05) is 25.1 Å². The van der Waals surface area contributed by atoms with Crippen LogP contribution in [0.2, 0.25) is 0 Å². The van der Waals surface area contributed by atoms with Crippen molar-refractivity contribution < 1.29 is 93.4 Å². The van der Waals surface area contributed by atoms with Crippen molar-refractivity contribution in [3.05, 3.63) is 119 Å². The molecule has 0 radical (unpaired) electrons. The molecule has 4 aromatic rings. The largest absolute Gasteiger partial charge is 1.00 e. The summed E-state index contributed by atoms with van der Waals surface area (Å²) in [6.45, 7) is 0. The third kappa shape index (κ3) is 8.16. The molecule has 0 saturated carbocycles. The van der Waals surface area contributed by atoms with E-state index in [0.29, 0.717) is 34.0 Å². The molecule has 0 aliphatic heterocycles. The second kappa shape index (κ2) is 16.1. The summed E-state index contributed by atoms with van der Waals surface area (Å²) in [4.78, 5) is 24.9. The minimum atomic E-state index is -4.91. The van der Waals surface area contributed by atoms with Crippen LogP contribution >= 0.6 is 0 Å². The van der Waals surface area contributed by atoms with E-state index in [1.807, 2.05) is 0 Å². The Morgan fingerprint density at radius 1 is 0.577 bits per heavy atom. The van der Waals surface area contributed by atoms with Crippen LogP contribution in [-0.4, -0.2) is 63.2 Å². The molecule has 0 amide bonds. The summed E-state index contributed by atoms with van der Waals surface area (Å²) in [5.41, 5.74) is 6.86. The number of carbonyl (C=O) groups excluding carboxylic acids is 2. The van der Waals surface area contributed by atoms with Crippen LogP contribution < -0.4 is 68.7 Å². The molecule has 18 heteroatoms. The Hall–Kier alpha value is -4.34. The van der Waals surface area contributed by atoms with E-state index in [9.17, 15) is 35.5 Å². The summed E-state index contributed by atoms with van der Waals surface area (Å²) in [7, 11) is -7.00. The number of hydrogen-bond donors (Lipinski definition) is 2. The van der Waals surface area contributed by atoms with Gasteiger partial charge >= 0.3 is 48.4 Å². The van der Waals surface area contributed by atoms with Crippen molar-refractivity contribution in [2.24, 2.45) is 10.2 Å². The predicted molar refractivity (Wildman–Crippen MR) is 184 cm³/mol. The molecule has 2 N–H and O–H groups in total. The standard InChI is InChI=1S/C34H26N4O10S2.Li.Na/c1-47-29-15-19(11-13-25(29)35-37-27-17-31(49(41,42)43)21-7-3-5-9-23(21)33(27)39)20-12-14-26(30(16-20)48-2)36-38-28-18-32(50(44,45)46)22-8-4-6-10-24(22)34(28)40;;/h3-18,35-36H,1-2H3,(H,41,42,43)(H,44,45,46);;/q;2*+1/p-2/b37-27-,38-28-;;. The molecule has 0 atom stereocenters. The van der Waals surface area contributed by atoms with Crippen LogP contribution in [-0.2, 0) is 20.2 Å². The van der Waals surface area contributed by atoms with E-state index in [0.717, 1.165) is 12.2 Å². The van der Waals surface area contributed by atoms with Crippen LogP contribution in [0.15, 0.2) is 107 Å². The molecule has 0 heterocycles. The number of anilines is 2. The van der Waals surface area contributed by atoms with Gasteiger partial charge in [-0.3, -0.25) is 20.4 Å². The number of rotatable bonds is 9. The second-order valence-electron chi connectivity index (χ2n) is 10.7. The van der Waals surface area contributed by atoms with Gasteiger partial charge in [-0.05, 0) is 47.5 Å². The quantitative estimate of drug-likeness (QED) is 0.114. The topological polar surface area (TPSA) is 216 Å². The number of nitrogens with zero attached hydrogens (tertiary/aromatic N) is 2. The number of ketones is 2. The van der Waals surface area contributed by atoms with Gasteiger partial charge in [0.15, 0.2) is 0 Å². The maximum absolute atomic E-state index is 13.0. The number of hydrazone groups is 2. The first-order valence-electron chi connectivity index (χ1n) is 14.5. The third-order valence-corrected chi connectivity index (χ3v) is 9.50. The summed E-state index contributed by atoms with van der Waals surface area (Å²) < 4.78 is 82.6. The maximum atomic E-state index is 13.0. The molecule has 2 aliphatic carbocycles. The molecule has 6 rings (SSSR count). The summed E-state index contributed by atoms with van der Waals surface area (Å²) in [6.07, 6.45) is 1.86. The van der Waals surface area contributed by atoms with Crippen LogP contribution in [0.1, 0.15) is 31.8 Å². The zero-order chi connectivity index (χ0) is 35.8. The van der Waals surface area contributed by atoms with Crippen LogP contribution in [0.5, 0.6) is 11.5 Å². The van der Waals surface area contributed by atoms with Gasteiger partial charge in [0.25, 0.3) is 0 Å². The van der Waals surface area contributed by atoms with Crippen molar-refractivity contribution in [2.45, 2.75) is 0 Å². The number of Topliss-reactive ketones (excluding diaryl/α,β-unsaturated/α-hetero) is 2. The van der Waals surface area contributed by atoms with Crippen molar-refractivity contribution in [1.82, 2.24) is 0 Å². The van der Waals surface area contributed by atoms with E-state index in [2.05, 4.69) is 21.1 Å². The van der Waals surface area contributed by atoms with Crippen molar-refractivity contribution >= 4 is 64.4 Å².